The molecule has 0 atom stereocenters. The van der Waals surface area contributed by atoms with E-state index >= 15 is 0 Å². The van der Waals surface area contributed by atoms with E-state index < -0.39 is 15.7 Å². The topological polar surface area (TPSA) is 99.7 Å². The van der Waals surface area contributed by atoms with Crippen molar-refractivity contribution in [1.82, 2.24) is 16.0 Å². The number of nitrogens with one attached hydrogen (secondary N) is 3. The summed E-state index contributed by atoms with van der Waals surface area (Å²) >= 11 is 0. The zero-order chi connectivity index (χ0) is 19.2. The van der Waals surface area contributed by atoms with Crippen molar-refractivity contribution < 1.29 is 17.6 Å². The molecule has 0 aliphatic heterocycles. The number of rotatable bonds is 8. The van der Waals surface area contributed by atoms with Gasteiger partial charge in [0.2, 0.25) is 5.91 Å². The normalized spacial score (nSPS) is 14.3. The van der Waals surface area contributed by atoms with Crippen molar-refractivity contribution in [1.29, 1.82) is 0 Å². The monoisotopic (exact) mass is 512 g/mol. The number of nitrogens with zero attached hydrogens (tertiary/aromatic N) is 1. The number of amides is 1. The zero-order valence-electron chi connectivity index (χ0n) is 15.4. The molecule has 0 radical (unpaired) electrons. The summed E-state index contributed by atoms with van der Waals surface area (Å²) in [6.07, 6.45) is 3.07. The maximum Gasteiger partial charge on any atom is 0.223 e. The molecule has 152 valence electrons. The Morgan fingerprint density at radius 1 is 1.19 bits per heavy atom. The van der Waals surface area contributed by atoms with Gasteiger partial charge in [-0.2, -0.15) is 0 Å². The van der Waals surface area contributed by atoms with Gasteiger partial charge in [-0.25, -0.2) is 12.8 Å². The molecule has 2 rings (SSSR count). The van der Waals surface area contributed by atoms with Gasteiger partial charge in [0.15, 0.2) is 15.8 Å². The summed E-state index contributed by atoms with van der Waals surface area (Å²) in [6, 6.07) is 4.05. The van der Waals surface area contributed by atoms with Crippen LogP contribution in [0.5, 0.6) is 0 Å². The molecular weight excluding hydrogens is 486 g/mol. The Balaban J connectivity index is 0.00000364. The maximum absolute atomic E-state index is 13.5. The molecule has 0 bridgehead atoms. The smallest absolute Gasteiger partial charge is 0.223 e. The van der Waals surface area contributed by atoms with Crippen LogP contribution in [0.4, 0.5) is 4.39 Å². The third kappa shape index (κ3) is 8.87. The van der Waals surface area contributed by atoms with Crippen LogP contribution in [0.3, 0.4) is 0 Å². The third-order valence-corrected chi connectivity index (χ3v) is 4.76. The summed E-state index contributed by atoms with van der Waals surface area (Å²) in [7, 11) is -1.62. The van der Waals surface area contributed by atoms with Crippen LogP contribution in [-0.4, -0.2) is 46.7 Å². The number of benzene rings is 1. The van der Waals surface area contributed by atoms with Crippen molar-refractivity contribution in [3.63, 3.8) is 0 Å². The molecular formula is C17H26FIN4O3S. The Morgan fingerprint density at radius 3 is 2.44 bits per heavy atom. The molecule has 1 aliphatic rings. The molecule has 1 aliphatic carbocycles. The molecule has 3 N–H and O–H groups in total. The number of guanidine groups is 1. The second-order valence-electron chi connectivity index (χ2n) is 6.40. The lowest BCUT2D eigenvalue weighted by atomic mass is 10.1. The Morgan fingerprint density at radius 2 is 1.85 bits per heavy atom. The van der Waals surface area contributed by atoms with Crippen LogP contribution in [-0.2, 0) is 26.9 Å². The van der Waals surface area contributed by atoms with E-state index in [0.29, 0.717) is 30.2 Å². The predicted molar refractivity (Wildman–Crippen MR) is 114 cm³/mol. The fraction of sp³-hybridized carbons (Fsp3) is 0.529. The van der Waals surface area contributed by atoms with Gasteiger partial charge in [-0.15, -0.1) is 24.0 Å². The van der Waals surface area contributed by atoms with Crippen LogP contribution in [0.1, 0.15) is 24.0 Å². The van der Waals surface area contributed by atoms with Crippen molar-refractivity contribution in [2.45, 2.75) is 25.1 Å². The number of hydrogen-bond acceptors (Lipinski definition) is 4. The van der Waals surface area contributed by atoms with E-state index in [1.807, 2.05) is 0 Å². The van der Waals surface area contributed by atoms with Crippen molar-refractivity contribution in [3.05, 3.63) is 35.1 Å². The minimum Gasteiger partial charge on any atom is -0.355 e. The fourth-order valence-electron chi connectivity index (χ4n) is 2.44. The Hall–Kier alpha value is -1.43. The fourth-order valence-corrected chi connectivity index (χ4v) is 3.28. The molecule has 1 aromatic carbocycles. The minimum absolute atomic E-state index is 0. The number of hydrogen-bond donors (Lipinski definition) is 3. The summed E-state index contributed by atoms with van der Waals surface area (Å²) in [4.78, 5) is 15.6. The van der Waals surface area contributed by atoms with E-state index in [4.69, 9.17) is 0 Å². The average Bonchev–Trinajstić information content (AvgIpc) is 3.40. The van der Waals surface area contributed by atoms with Gasteiger partial charge in [-0.1, -0.05) is 6.07 Å². The average molecular weight is 512 g/mol. The van der Waals surface area contributed by atoms with E-state index in [9.17, 15) is 17.6 Å². The van der Waals surface area contributed by atoms with Crippen molar-refractivity contribution >= 4 is 45.7 Å². The number of carbonyl (C=O) groups is 1. The molecule has 0 aromatic heterocycles. The van der Waals surface area contributed by atoms with Crippen LogP contribution in [0.25, 0.3) is 0 Å². The van der Waals surface area contributed by atoms with Gasteiger partial charge in [-0.05, 0) is 36.1 Å². The first-order valence-corrected chi connectivity index (χ1v) is 10.5. The molecule has 0 unspecified atom stereocenters. The second-order valence-corrected chi connectivity index (χ2v) is 8.54. The first kappa shape index (κ1) is 23.6. The highest BCUT2D eigenvalue weighted by atomic mass is 127. The van der Waals surface area contributed by atoms with E-state index in [1.165, 1.54) is 18.2 Å². The molecule has 0 saturated heterocycles. The van der Waals surface area contributed by atoms with E-state index in [1.54, 1.807) is 7.05 Å². The zero-order valence-corrected chi connectivity index (χ0v) is 18.6. The molecule has 7 nitrogen and oxygen atoms in total. The quantitative estimate of drug-likeness (QED) is 0.210. The predicted octanol–water partition coefficient (Wildman–Crippen LogP) is 1.18. The van der Waals surface area contributed by atoms with Gasteiger partial charge < -0.3 is 16.0 Å². The lowest BCUT2D eigenvalue weighted by Gasteiger charge is -2.14. The largest absolute Gasteiger partial charge is 0.355 e. The summed E-state index contributed by atoms with van der Waals surface area (Å²) in [5, 5.41) is 8.92. The van der Waals surface area contributed by atoms with E-state index in [-0.39, 0.29) is 48.1 Å². The standard InChI is InChI=1S/C17H25FN4O3S.HI/c1-19-17(21-8-7-20-16(23)12-3-4-12)22-10-14-9-15(18)6-5-13(14)11-26(2,24)25;/h5-6,9,12H,3-4,7-8,10-11H2,1-2H3,(H,20,23)(H2,19,21,22);1H. The van der Waals surface area contributed by atoms with Gasteiger partial charge in [-0.3, -0.25) is 9.79 Å². The van der Waals surface area contributed by atoms with Crippen LogP contribution < -0.4 is 16.0 Å². The van der Waals surface area contributed by atoms with E-state index in [0.717, 1.165) is 19.1 Å². The summed E-state index contributed by atoms with van der Waals surface area (Å²) < 4.78 is 36.6. The van der Waals surface area contributed by atoms with Gasteiger partial charge in [0, 0.05) is 38.9 Å². The summed E-state index contributed by atoms with van der Waals surface area (Å²) in [6.45, 7) is 1.21. The molecule has 1 aromatic rings. The molecule has 10 heteroatoms. The molecule has 1 fully saturated rings. The highest BCUT2D eigenvalue weighted by Crippen LogP contribution is 2.28. The van der Waals surface area contributed by atoms with Crippen LogP contribution in [0.2, 0.25) is 0 Å². The number of carbonyl (C=O) groups excluding carboxylic acids is 1. The van der Waals surface area contributed by atoms with Crippen molar-refractivity contribution in [2.24, 2.45) is 10.9 Å². The Labute approximate surface area is 176 Å². The van der Waals surface area contributed by atoms with Crippen LogP contribution >= 0.6 is 24.0 Å². The first-order valence-electron chi connectivity index (χ1n) is 8.46. The van der Waals surface area contributed by atoms with Gasteiger partial charge in [0.25, 0.3) is 0 Å². The third-order valence-electron chi connectivity index (χ3n) is 3.92. The molecule has 0 heterocycles. The van der Waals surface area contributed by atoms with Gasteiger partial charge in [0.05, 0.1) is 5.75 Å². The maximum atomic E-state index is 13.5. The molecule has 0 spiro atoms. The lowest BCUT2D eigenvalue weighted by molar-refractivity contribution is -0.122. The second kappa shape index (κ2) is 10.8. The Bertz CT molecular complexity index is 782. The summed E-state index contributed by atoms with van der Waals surface area (Å²) in [5.74, 6) is 0.169. The number of halogens is 2. The Kier molecular flexibility index (Phi) is 9.43. The van der Waals surface area contributed by atoms with E-state index in [2.05, 4.69) is 20.9 Å². The molecule has 27 heavy (non-hydrogen) atoms. The van der Waals surface area contributed by atoms with Crippen LogP contribution in [0, 0.1) is 11.7 Å². The highest BCUT2D eigenvalue weighted by Gasteiger charge is 2.28. The minimum atomic E-state index is -3.22. The first-order chi connectivity index (χ1) is 12.3. The summed E-state index contributed by atoms with van der Waals surface area (Å²) in [5.41, 5.74) is 1.11. The highest BCUT2D eigenvalue weighted by molar-refractivity contribution is 14.0. The molecule has 1 saturated carbocycles. The lowest BCUT2D eigenvalue weighted by Crippen LogP contribution is -2.41. The van der Waals surface area contributed by atoms with Crippen LogP contribution in [0.15, 0.2) is 23.2 Å². The SMILES string of the molecule is CN=C(NCCNC(=O)C1CC1)NCc1cc(F)ccc1CS(C)(=O)=O.I. The van der Waals surface area contributed by atoms with Crippen molar-refractivity contribution in [3.8, 4) is 0 Å². The molecule has 1 amide bonds. The number of sulfone groups is 1. The number of aliphatic imine (C=N–C) groups is 1. The van der Waals surface area contributed by atoms with Gasteiger partial charge >= 0.3 is 0 Å². The van der Waals surface area contributed by atoms with Gasteiger partial charge in [0.1, 0.15) is 5.82 Å². The van der Waals surface area contributed by atoms with Crippen molar-refractivity contribution in [2.75, 3.05) is 26.4 Å².